The first-order chi connectivity index (χ1) is 15.7. The van der Waals surface area contributed by atoms with Gasteiger partial charge in [-0.3, -0.25) is 14.4 Å². The highest BCUT2D eigenvalue weighted by molar-refractivity contribution is 5.94. The van der Waals surface area contributed by atoms with Gasteiger partial charge in [0.25, 0.3) is 0 Å². The molecule has 3 amide bonds. The van der Waals surface area contributed by atoms with E-state index in [-0.39, 0.29) is 12.8 Å². The number of hydrogen-bond acceptors (Lipinski definition) is 9. The smallest absolute Gasteiger partial charge is 0.328 e. The van der Waals surface area contributed by atoms with Gasteiger partial charge in [-0.2, -0.15) is 0 Å². The first-order valence-electron chi connectivity index (χ1n) is 9.80. The number of aromatic nitrogens is 4. The van der Waals surface area contributed by atoms with Crippen molar-refractivity contribution < 1.29 is 34.5 Å². The topological polar surface area (TPSA) is 248 Å². The molecule has 0 spiro atoms. The summed E-state index contributed by atoms with van der Waals surface area (Å²) in [5.74, 6) is -3.91. The number of aliphatic carboxylic acids is 1. The molecule has 2 rings (SSSR count). The minimum Gasteiger partial charge on any atom is -0.480 e. The zero-order valence-electron chi connectivity index (χ0n) is 17.4. The van der Waals surface area contributed by atoms with Gasteiger partial charge in [0.05, 0.1) is 25.9 Å². The lowest BCUT2D eigenvalue weighted by Gasteiger charge is -2.24. The van der Waals surface area contributed by atoms with Gasteiger partial charge in [-0.25, -0.2) is 14.8 Å². The molecule has 10 N–H and O–H groups in total. The molecule has 180 valence electrons. The molecule has 0 aliphatic carbocycles. The summed E-state index contributed by atoms with van der Waals surface area (Å²) in [4.78, 5) is 62.3. The maximum Gasteiger partial charge on any atom is 0.328 e. The minimum atomic E-state index is -1.58. The zero-order valence-corrected chi connectivity index (χ0v) is 17.4. The van der Waals surface area contributed by atoms with E-state index in [1.807, 2.05) is 0 Å². The molecule has 0 radical (unpaired) electrons. The van der Waals surface area contributed by atoms with Crippen molar-refractivity contribution in [2.24, 2.45) is 5.73 Å². The van der Waals surface area contributed by atoms with E-state index in [0.717, 1.165) is 0 Å². The van der Waals surface area contributed by atoms with Crippen molar-refractivity contribution in [3.05, 3.63) is 36.4 Å². The van der Waals surface area contributed by atoms with Crippen LogP contribution in [0.5, 0.6) is 0 Å². The molecule has 4 atom stereocenters. The van der Waals surface area contributed by atoms with E-state index in [1.165, 1.54) is 25.0 Å². The van der Waals surface area contributed by atoms with Crippen LogP contribution in [0.4, 0.5) is 0 Å². The summed E-state index contributed by atoms with van der Waals surface area (Å²) >= 11 is 0. The third-order valence-corrected chi connectivity index (χ3v) is 4.55. The minimum absolute atomic E-state index is 0.0392. The largest absolute Gasteiger partial charge is 0.480 e. The van der Waals surface area contributed by atoms with E-state index < -0.39 is 61.1 Å². The van der Waals surface area contributed by atoms with E-state index in [0.29, 0.717) is 11.4 Å². The molecule has 0 fully saturated rings. The second-order valence-corrected chi connectivity index (χ2v) is 7.06. The average molecular weight is 466 g/mol. The third-order valence-electron chi connectivity index (χ3n) is 4.55. The number of aliphatic hydroxyl groups is 2. The van der Waals surface area contributed by atoms with Crippen LogP contribution in [0.25, 0.3) is 0 Å². The Balaban J connectivity index is 2.21. The molecule has 0 saturated heterocycles. The number of H-pyrrole nitrogens is 2. The van der Waals surface area contributed by atoms with Gasteiger partial charge in [0.15, 0.2) is 0 Å². The molecule has 0 bridgehead atoms. The number of carboxylic acids is 1. The van der Waals surface area contributed by atoms with Gasteiger partial charge in [-0.1, -0.05) is 0 Å². The summed E-state index contributed by atoms with van der Waals surface area (Å²) in [6.45, 7) is -1.50. The molecule has 2 aromatic rings. The van der Waals surface area contributed by atoms with E-state index in [4.69, 9.17) is 15.9 Å². The number of nitrogens with two attached hydrogens (primary N) is 1. The van der Waals surface area contributed by atoms with Crippen molar-refractivity contribution in [2.75, 3.05) is 13.2 Å². The molecule has 0 aliphatic heterocycles. The third kappa shape index (κ3) is 7.67. The number of rotatable bonds is 13. The first kappa shape index (κ1) is 25.4. The molecule has 2 aromatic heterocycles. The monoisotopic (exact) mass is 466 g/mol. The molecule has 2 heterocycles. The highest BCUT2D eigenvalue weighted by atomic mass is 16.4. The summed E-state index contributed by atoms with van der Waals surface area (Å²) in [7, 11) is 0. The van der Waals surface area contributed by atoms with E-state index >= 15 is 0 Å². The van der Waals surface area contributed by atoms with Crippen LogP contribution in [-0.4, -0.2) is 96.3 Å². The van der Waals surface area contributed by atoms with Gasteiger partial charge in [-0.15, -0.1) is 0 Å². The van der Waals surface area contributed by atoms with Crippen molar-refractivity contribution in [1.29, 1.82) is 0 Å². The maximum absolute atomic E-state index is 13.0. The molecular formula is C18H26N8O7. The number of aliphatic hydroxyl groups excluding tert-OH is 2. The van der Waals surface area contributed by atoms with E-state index in [1.54, 1.807) is 0 Å². The number of carbonyl (C=O) groups is 4. The van der Waals surface area contributed by atoms with Gasteiger partial charge in [0.2, 0.25) is 17.7 Å². The van der Waals surface area contributed by atoms with E-state index in [2.05, 4.69) is 35.9 Å². The Hall–Kier alpha value is -3.82. The van der Waals surface area contributed by atoms with Crippen LogP contribution < -0.4 is 21.7 Å². The number of carboxylic acid groups (broad SMARTS) is 1. The molecule has 15 heteroatoms. The second-order valence-electron chi connectivity index (χ2n) is 7.06. The molecule has 33 heavy (non-hydrogen) atoms. The van der Waals surface area contributed by atoms with Crippen LogP contribution >= 0.6 is 0 Å². The zero-order chi connectivity index (χ0) is 24.4. The highest BCUT2D eigenvalue weighted by Gasteiger charge is 2.31. The van der Waals surface area contributed by atoms with Crippen LogP contribution in [-0.2, 0) is 32.0 Å². The van der Waals surface area contributed by atoms with Crippen molar-refractivity contribution in [2.45, 2.75) is 37.0 Å². The normalized spacial score (nSPS) is 14.5. The Morgan fingerprint density at radius 3 is 1.64 bits per heavy atom. The Labute approximate surface area is 187 Å². The molecule has 0 saturated carbocycles. The molecule has 0 aromatic carbocycles. The van der Waals surface area contributed by atoms with Crippen molar-refractivity contribution in [1.82, 2.24) is 35.9 Å². The highest BCUT2D eigenvalue weighted by Crippen LogP contribution is 2.04. The van der Waals surface area contributed by atoms with E-state index in [9.17, 15) is 24.3 Å². The van der Waals surface area contributed by atoms with Crippen LogP contribution in [0.15, 0.2) is 25.0 Å². The maximum atomic E-state index is 13.0. The standard InChI is InChI=1S/C18H26N8O7/c19-11(5-27)15(29)24-12(1-9-3-20-7-22-9)16(30)25-13(2-10-4-21-8-23-10)17(31)26-14(6-28)18(32)33/h3-4,7-8,11-14,27-28H,1-2,5-6,19H2,(H,20,22)(H,21,23)(H,24,29)(H,25,30)(H,26,31)(H,32,33). The average Bonchev–Trinajstić information content (AvgIpc) is 3.49. The lowest BCUT2D eigenvalue weighted by Crippen LogP contribution is -2.58. The Bertz CT molecular complexity index is 918. The fraction of sp³-hybridized carbons (Fsp3) is 0.444. The fourth-order valence-electron chi connectivity index (χ4n) is 2.74. The Morgan fingerprint density at radius 2 is 1.27 bits per heavy atom. The number of nitrogens with one attached hydrogen (secondary N) is 5. The number of carbonyl (C=O) groups excluding carboxylic acids is 3. The predicted octanol–water partition coefficient (Wildman–Crippen LogP) is -4.23. The van der Waals surface area contributed by atoms with Gasteiger partial charge >= 0.3 is 5.97 Å². The molecule has 4 unspecified atom stereocenters. The van der Waals surface area contributed by atoms with Crippen LogP contribution in [0.1, 0.15) is 11.4 Å². The summed E-state index contributed by atoms with van der Waals surface area (Å²) in [6, 6.07) is -5.34. The number of aromatic amines is 2. The molecule has 0 aliphatic rings. The quantitative estimate of drug-likeness (QED) is 0.137. The summed E-state index contributed by atoms with van der Waals surface area (Å²) in [5, 5.41) is 34.4. The van der Waals surface area contributed by atoms with Gasteiger partial charge in [-0.05, 0) is 0 Å². The van der Waals surface area contributed by atoms with Gasteiger partial charge in [0, 0.05) is 36.6 Å². The SMILES string of the molecule is NC(CO)C(=O)NC(Cc1cnc[nH]1)C(=O)NC(Cc1cnc[nH]1)C(=O)NC(CO)C(=O)O. The number of hydrogen-bond donors (Lipinski definition) is 9. The number of amides is 3. The summed E-state index contributed by atoms with van der Waals surface area (Å²) < 4.78 is 0. The Kier molecular flexibility index (Phi) is 9.46. The number of imidazole rings is 2. The van der Waals surface area contributed by atoms with Crippen molar-refractivity contribution in [3.63, 3.8) is 0 Å². The summed E-state index contributed by atoms with van der Waals surface area (Å²) in [5.41, 5.74) is 6.46. The summed E-state index contributed by atoms with van der Waals surface area (Å²) in [6.07, 6.45) is 5.46. The lowest BCUT2D eigenvalue weighted by atomic mass is 10.1. The van der Waals surface area contributed by atoms with Crippen LogP contribution in [0.2, 0.25) is 0 Å². The Morgan fingerprint density at radius 1 is 0.818 bits per heavy atom. The first-order valence-corrected chi connectivity index (χ1v) is 9.80. The van der Waals surface area contributed by atoms with Crippen LogP contribution in [0.3, 0.4) is 0 Å². The lowest BCUT2D eigenvalue weighted by molar-refractivity contribution is -0.143. The molecule has 15 nitrogen and oxygen atoms in total. The van der Waals surface area contributed by atoms with Crippen LogP contribution in [0, 0.1) is 0 Å². The van der Waals surface area contributed by atoms with Crippen molar-refractivity contribution in [3.8, 4) is 0 Å². The van der Waals surface area contributed by atoms with Gasteiger partial charge in [0.1, 0.15) is 24.2 Å². The molecular weight excluding hydrogens is 440 g/mol. The fourth-order valence-corrected chi connectivity index (χ4v) is 2.74. The van der Waals surface area contributed by atoms with Crippen molar-refractivity contribution >= 4 is 23.7 Å². The predicted molar refractivity (Wildman–Crippen MR) is 110 cm³/mol. The number of nitrogens with zero attached hydrogens (tertiary/aromatic N) is 2. The second kappa shape index (κ2) is 12.3. The van der Waals surface area contributed by atoms with Gasteiger partial charge < -0.3 is 47.0 Å².